The maximum absolute atomic E-state index is 13.4. The number of amides is 1. The van der Waals surface area contributed by atoms with Crippen LogP contribution in [0, 0.1) is 0 Å². The quantitative estimate of drug-likeness (QED) is 0.454. The van der Waals surface area contributed by atoms with Gasteiger partial charge in [0.15, 0.2) is 0 Å². The minimum Gasteiger partial charge on any atom is -0.448 e. The Bertz CT molecular complexity index is 1260. The molecule has 2 atom stereocenters. The molecule has 2 aromatic carbocycles. The van der Waals surface area contributed by atoms with E-state index in [0.717, 1.165) is 40.9 Å². The van der Waals surface area contributed by atoms with E-state index in [1.54, 1.807) is 4.90 Å². The van der Waals surface area contributed by atoms with Crippen molar-refractivity contribution in [1.29, 1.82) is 0 Å². The molecule has 2 aliphatic heterocycles. The molecule has 0 radical (unpaired) electrons. The second-order valence-corrected chi connectivity index (χ2v) is 10.3. The Morgan fingerprint density at radius 2 is 1.57 bits per heavy atom. The van der Waals surface area contributed by atoms with Crippen LogP contribution in [0.25, 0.3) is 11.1 Å². The summed E-state index contributed by atoms with van der Waals surface area (Å²) >= 11 is 0. The number of alkyl halides is 3. The minimum atomic E-state index is -4.54. The van der Waals surface area contributed by atoms with Gasteiger partial charge in [-0.2, -0.15) is 13.2 Å². The first-order chi connectivity index (χ1) is 17.7. The molecule has 3 heterocycles. The first-order valence-corrected chi connectivity index (χ1v) is 12.6. The number of aromatic nitrogens is 1. The number of rotatable bonds is 3. The number of nitrogens with zero attached hydrogens (tertiary/aromatic N) is 2. The molecular formula is C29H27F3N2O3. The van der Waals surface area contributed by atoms with Crippen molar-refractivity contribution in [2.45, 2.75) is 61.9 Å². The van der Waals surface area contributed by atoms with E-state index in [4.69, 9.17) is 4.74 Å². The van der Waals surface area contributed by atoms with Crippen LogP contribution < -0.4 is 0 Å². The molecule has 6 rings (SSSR count). The highest BCUT2D eigenvalue weighted by Gasteiger charge is 2.49. The number of ether oxygens (including phenoxy) is 1. The van der Waals surface area contributed by atoms with Crippen LogP contribution in [-0.4, -0.2) is 39.8 Å². The fraction of sp³-hybridized carbons (Fsp3) is 0.379. The average Bonchev–Trinajstić information content (AvgIpc) is 3.20. The molecule has 37 heavy (non-hydrogen) atoms. The van der Waals surface area contributed by atoms with Gasteiger partial charge in [-0.05, 0) is 47.6 Å². The number of hydrogen-bond donors (Lipinski definition) is 1. The van der Waals surface area contributed by atoms with Crippen LogP contribution in [0.4, 0.5) is 18.0 Å². The lowest BCUT2D eigenvalue weighted by atomic mass is 9.73. The number of hydrogen-bond acceptors (Lipinski definition) is 4. The Morgan fingerprint density at radius 1 is 0.973 bits per heavy atom. The number of piperidine rings is 2. The molecule has 3 aliphatic rings. The summed E-state index contributed by atoms with van der Waals surface area (Å²) in [6.45, 7) is 0.218. The van der Waals surface area contributed by atoms with Crippen molar-refractivity contribution in [1.82, 2.24) is 9.88 Å². The van der Waals surface area contributed by atoms with Gasteiger partial charge >= 0.3 is 12.3 Å². The van der Waals surface area contributed by atoms with Crippen molar-refractivity contribution in [3.05, 3.63) is 89.2 Å². The molecule has 2 unspecified atom stereocenters. The predicted molar refractivity (Wildman–Crippen MR) is 131 cm³/mol. The smallest absolute Gasteiger partial charge is 0.433 e. The van der Waals surface area contributed by atoms with Crippen molar-refractivity contribution >= 4 is 6.09 Å². The molecule has 2 bridgehead atoms. The largest absolute Gasteiger partial charge is 0.448 e. The minimum absolute atomic E-state index is 0.0452. The van der Waals surface area contributed by atoms with Crippen LogP contribution in [-0.2, 0) is 16.5 Å². The Hall–Kier alpha value is -3.39. The molecule has 1 aliphatic carbocycles. The van der Waals surface area contributed by atoms with Crippen molar-refractivity contribution in [3.8, 4) is 11.1 Å². The molecule has 3 aromatic rings. The topological polar surface area (TPSA) is 62.7 Å². The van der Waals surface area contributed by atoms with Gasteiger partial charge in [0.25, 0.3) is 0 Å². The van der Waals surface area contributed by atoms with Crippen LogP contribution in [0.15, 0.2) is 66.9 Å². The zero-order valence-corrected chi connectivity index (χ0v) is 20.1. The van der Waals surface area contributed by atoms with Gasteiger partial charge in [0.2, 0.25) is 0 Å². The number of pyridine rings is 1. The zero-order chi connectivity index (χ0) is 25.8. The number of halogens is 3. The van der Waals surface area contributed by atoms with Gasteiger partial charge in [0, 0.05) is 42.6 Å². The third-order valence-electron chi connectivity index (χ3n) is 8.15. The van der Waals surface area contributed by atoms with E-state index in [1.807, 2.05) is 24.3 Å². The van der Waals surface area contributed by atoms with Crippen molar-refractivity contribution < 1.29 is 27.8 Å². The Kier molecular flexibility index (Phi) is 5.75. The fourth-order valence-corrected chi connectivity index (χ4v) is 6.47. The van der Waals surface area contributed by atoms with Crippen molar-refractivity contribution in [2.75, 3.05) is 6.61 Å². The average molecular weight is 509 g/mol. The van der Waals surface area contributed by atoms with E-state index < -0.39 is 23.6 Å². The standard InChI is InChI=1S/C29H27F3N2O3/c30-29(31,32)26-13-12-18(16-33-26)28(36)14-19-6-5-7-20(15-28)34(19)27(35)37-17-25-23-10-3-1-8-21(23)22-9-2-4-11-24(22)25/h1-4,8-13,16,19-20,25,36H,5-7,14-15,17H2. The lowest BCUT2D eigenvalue weighted by Crippen LogP contribution is -2.59. The highest BCUT2D eigenvalue weighted by Crippen LogP contribution is 2.46. The van der Waals surface area contributed by atoms with Gasteiger partial charge in [-0.3, -0.25) is 4.98 Å². The van der Waals surface area contributed by atoms with Crippen LogP contribution in [0.2, 0.25) is 0 Å². The van der Waals surface area contributed by atoms with Crippen LogP contribution in [0.3, 0.4) is 0 Å². The van der Waals surface area contributed by atoms with Crippen LogP contribution in [0.5, 0.6) is 0 Å². The molecule has 5 nitrogen and oxygen atoms in total. The number of aliphatic hydroxyl groups is 1. The normalized spacial score (nSPS) is 24.9. The van der Waals surface area contributed by atoms with E-state index >= 15 is 0 Å². The lowest BCUT2D eigenvalue weighted by Gasteiger charge is -2.51. The number of carbonyl (C=O) groups is 1. The second-order valence-electron chi connectivity index (χ2n) is 10.3. The molecule has 8 heteroatoms. The summed E-state index contributed by atoms with van der Waals surface area (Å²) in [4.78, 5) is 18.7. The molecule has 1 N–H and O–H groups in total. The summed E-state index contributed by atoms with van der Waals surface area (Å²) in [5.41, 5.74) is 2.61. The summed E-state index contributed by atoms with van der Waals surface area (Å²) in [7, 11) is 0. The van der Waals surface area contributed by atoms with Gasteiger partial charge in [-0.1, -0.05) is 54.6 Å². The molecule has 1 aromatic heterocycles. The summed E-state index contributed by atoms with van der Waals surface area (Å²) < 4.78 is 44.8. The monoisotopic (exact) mass is 508 g/mol. The first kappa shape index (κ1) is 24.0. The fourth-order valence-electron chi connectivity index (χ4n) is 6.47. The number of carbonyl (C=O) groups excluding carboxylic acids is 1. The lowest BCUT2D eigenvalue weighted by molar-refractivity contribution is -0.141. The van der Waals surface area contributed by atoms with Crippen molar-refractivity contribution in [3.63, 3.8) is 0 Å². The van der Waals surface area contributed by atoms with Crippen LogP contribution in [0.1, 0.15) is 60.4 Å². The molecule has 2 saturated heterocycles. The van der Waals surface area contributed by atoms with Gasteiger partial charge in [-0.15, -0.1) is 0 Å². The van der Waals surface area contributed by atoms with E-state index in [-0.39, 0.29) is 37.5 Å². The molecule has 2 fully saturated rings. The number of benzene rings is 2. The Morgan fingerprint density at radius 3 is 2.11 bits per heavy atom. The van der Waals surface area contributed by atoms with Gasteiger partial charge in [0.1, 0.15) is 12.3 Å². The maximum atomic E-state index is 13.4. The Labute approximate surface area is 212 Å². The molecule has 192 valence electrons. The van der Waals surface area contributed by atoms with Crippen molar-refractivity contribution in [2.24, 2.45) is 0 Å². The SMILES string of the molecule is O=C(OCC1c2ccccc2-c2ccccc21)N1C2CCCC1CC(O)(c1ccc(C(F)(F)F)nc1)C2. The Balaban J connectivity index is 1.18. The summed E-state index contributed by atoms with van der Waals surface area (Å²) in [6, 6.07) is 18.0. The third kappa shape index (κ3) is 4.17. The van der Waals surface area contributed by atoms with E-state index in [1.165, 1.54) is 6.07 Å². The van der Waals surface area contributed by atoms with E-state index in [0.29, 0.717) is 18.4 Å². The molecule has 1 amide bonds. The summed E-state index contributed by atoms with van der Waals surface area (Å²) in [5, 5.41) is 11.5. The summed E-state index contributed by atoms with van der Waals surface area (Å²) in [5.74, 6) is -0.0452. The molecule has 0 saturated carbocycles. The maximum Gasteiger partial charge on any atom is 0.433 e. The number of fused-ring (bicyclic) bond motifs is 5. The third-order valence-corrected chi connectivity index (χ3v) is 8.15. The second kappa shape index (κ2) is 8.87. The zero-order valence-electron chi connectivity index (χ0n) is 20.1. The van der Waals surface area contributed by atoms with Gasteiger partial charge < -0.3 is 14.7 Å². The van der Waals surface area contributed by atoms with Crippen LogP contribution >= 0.6 is 0 Å². The van der Waals surface area contributed by atoms with E-state index in [9.17, 15) is 23.1 Å². The van der Waals surface area contributed by atoms with Gasteiger partial charge in [0.05, 0.1) is 5.60 Å². The first-order valence-electron chi connectivity index (χ1n) is 12.6. The molecular weight excluding hydrogens is 481 g/mol. The van der Waals surface area contributed by atoms with E-state index in [2.05, 4.69) is 29.2 Å². The highest BCUT2D eigenvalue weighted by atomic mass is 19.4. The predicted octanol–water partition coefficient (Wildman–Crippen LogP) is 6.25. The summed E-state index contributed by atoms with van der Waals surface area (Å²) in [6.07, 6.45) is -1.02. The highest BCUT2D eigenvalue weighted by molar-refractivity contribution is 5.79. The molecule has 0 spiro atoms. The van der Waals surface area contributed by atoms with Gasteiger partial charge in [-0.25, -0.2) is 4.79 Å².